The van der Waals surface area contributed by atoms with Crippen LogP contribution >= 0.6 is 0 Å². The van der Waals surface area contributed by atoms with Crippen molar-refractivity contribution in [3.8, 4) is 5.75 Å². The highest BCUT2D eigenvalue weighted by Crippen LogP contribution is 2.47. The third kappa shape index (κ3) is 9.11. The first-order chi connectivity index (χ1) is 20.1. The van der Waals surface area contributed by atoms with Crippen molar-refractivity contribution in [3.05, 3.63) is 41.9 Å². The third-order valence-corrected chi connectivity index (χ3v) is 13.7. The van der Waals surface area contributed by atoms with Crippen LogP contribution in [0, 0.1) is 17.7 Å². The molecule has 9 heteroatoms. The van der Waals surface area contributed by atoms with Gasteiger partial charge in [-0.3, -0.25) is 0 Å². The van der Waals surface area contributed by atoms with Crippen LogP contribution in [0.3, 0.4) is 0 Å². The lowest BCUT2D eigenvalue weighted by Gasteiger charge is -2.40. The van der Waals surface area contributed by atoms with Crippen molar-refractivity contribution in [1.82, 2.24) is 0 Å². The standard InChI is InChI=1S/C33H51FO7Si/c1-33(2,3)42(4,5)41-28-23-29(40-31-16-7-9-20-38-31)32(26(28)17-18-35)27(39-30-15-6-8-19-37-30)14-11-21-36-25-13-10-12-24(34)22-25/h10,12-14,18,22,26,28-32H,6-9,11,15-17,19-21,23H2,1-5H3/b27-14+/t26-,28-,29+,30?,31?,32+/m1/s1. The molecule has 236 valence electrons. The number of hydrogen-bond acceptors (Lipinski definition) is 7. The van der Waals surface area contributed by atoms with E-state index in [0.717, 1.165) is 50.6 Å². The van der Waals surface area contributed by atoms with Gasteiger partial charge in [0.25, 0.3) is 0 Å². The highest BCUT2D eigenvalue weighted by molar-refractivity contribution is 6.74. The fraction of sp³-hybridized carbons (Fsp3) is 0.727. The molecule has 7 nitrogen and oxygen atoms in total. The molecule has 1 aliphatic carbocycles. The maximum Gasteiger partial charge on any atom is 0.199 e. The van der Waals surface area contributed by atoms with E-state index in [2.05, 4.69) is 33.9 Å². The topological polar surface area (TPSA) is 72.5 Å². The Bertz CT molecular complexity index is 1010. The van der Waals surface area contributed by atoms with Gasteiger partial charge in [0.2, 0.25) is 0 Å². The normalized spacial score (nSPS) is 29.3. The summed E-state index contributed by atoms with van der Waals surface area (Å²) in [5, 5.41) is 0.0268. The van der Waals surface area contributed by atoms with Crippen molar-refractivity contribution in [1.29, 1.82) is 0 Å². The number of hydrogen-bond donors (Lipinski definition) is 0. The van der Waals surface area contributed by atoms with Crippen molar-refractivity contribution >= 4 is 14.6 Å². The van der Waals surface area contributed by atoms with Gasteiger partial charge >= 0.3 is 0 Å². The summed E-state index contributed by atoms with van der Waals surface area (Å²) in [4.78, 5) is 12.1. The lowest BCUT2D eigenvalue weighted by atomic mass is 9.88. The Morgan fingerprint density at radius 2 is 1.76 bits per heavy atom. The molecule has 0 bridgehead atoms. The molecule has 1 saturated carbocycles. The number of benzene rings is 1. The van der Waals surface area contributed by atoms with Gasteiger partial charge < -0.3 is 32.9 Å². The molecule has 0 spiro atoms. The second-order valence-electron chi connectivity index (χ2n) is 13.3. The van der Waals surface area contributed by atoms with Crippen molar-refractivity contribution in [3.63, 3.8) is 0 Å². The van der Waals surface area contributed by atoms with E-state index in [1.54, 1.807) is 12.1 Å². The number of rotatable bonds is 13. The zero-order valence-electron chi connectivity index (χ0n) is 26.1. The summed E-state index contributed by atoms with van der Waals surface area (Å²) in [7, 11) is -2.14. The van der Waals surface area contributed by atoms with Crippen LogP contribution in [0.4, 0.5) is 4.39 Å². The summed E-state index contributed by atoms with van der Waals surface area (Å²) in [6.45, 7) is 12.9. The maximum absolute atomic E-state index is 13.7. The van der Waals surface area contributed by atoms with Crippen LogP contribution in [0.1, 0.15) is 78.6 Å². The Hall–Kier alpha value is -1.78. The molecule has 42 heavy (non-hydrogen) atoms. The monoisotopic (exact) mass is 606 g/mol. The molecule has 3 fully saturated rings. The minimum absolute atomic E-state index is 0.0268. The minimum Gasteiger partial charge on any atom is -0.493 e. The molecule has 2 unspecified atom stereocenters. The predicted octanol–water partition coefficient (Wildman–Crippen LogP) is 7.55. The van der Waals surface area contributed by atoms with E-state index in [1.165, 1.54) is 12.1 Å². The average molecular weight is 607 g/mol. The first kappa shape index (κ1) is 33.1. The van der Waals surface area contributed by atoms with Gasteiger partial charge in [0.05, 0.1) is 25.4 Å². The summed E-state index contributed by atoms with van der Waals surface area (Å²) >= 11 is 0. The fourth-order valence-electron chi connectivity index (χ4n) is 5.86. The Labute approximate surface area is 252 Å². The van der Waals surface area contributed by atoms with E-state index in [-0.39, 0.29) is 47.5 Å². The SMILES string of the molecule is CC(C)(C)[Si](C)(C)O[C@@H]1C[C@H](OC2CCCCO2)[C@H](/C(=C\CCOc2cccc(F)c2)OC2CCCCO2)[C@@H]1CC=O. The Kier molecular flexibility index (Phi) is 12.1. The molecule has 2 heterocycles. The molecule has 2 saturated heterocycles. The van der Waals surface area contributed by atoms with Crippen LogP contribution in [-0.2, 0) is 28.2 Å². The van der Waals surface area contributed by atoms with Gasteiger partial charge in [-0.1, -0.05) is 26.8 Å². The van der Waals surface area contributed by atoms with E-state index in [9.17, 15) is 9.18 Å². The van der Waals surface area contributed by atoms with E-state index >= 15 is 0 Å². The Morgan fingerprint density at radius 3 is 2.38 bits per heavy atom. The molecule has 4 rings (SSSR count). The van der Waals surface area contributed by atoms with Gasteiger partial charge in [0.15, 0.2) is 20.9 Å². The highest BCUT2D eigenvalue weighted by Gasteiger charge is 2.51. The molecule has 2 aliphatic heterocycles. The molecular formula is C33H51FO7Si. The van der Waals surface area contributed by atoms with Crippen molar-refractivity contribution in [2.75, 3.05) is 19.8 Å². The van der Waals surface area contributed by atoms with Crippen LogP contribution in [-0.4, -0.2) is 59.2 Å². The van der Waals surface area contributed by atoms with Crippen molar-refractivity contribution < 1.29 is 37.3 Å². The maximum atomic E-state index is 13.7. The zero-order chi connectivity index (χ0) is 30.2. The second kappa shape index (κ2) is 15.3. The van der Waals surface area contributed by atoms with Gasteiger partial charge in [-0.25, -0.2) is 4.39 Å². The first-order valence-corrected chi connectivity index (χ1v) is 18.7. The van der Waals surface area contributed by atoms with Gasteiger partial charge in [0.1, 0.15) is 23.6 Å². The lowest BCUT2D eigenvalue weighted by Crippen LogP contribution is -2.45. The van der Waals surface area contributed by atoms with Crippen LogP contribution in [0.15, 0.2) is 36.1 Å². The number of ether oxygens (including phenoxy) is 5. The summed E-state index contributed by atoms with van der Waals surface area (Å²) < 4.78 is 51.8. The number of aldehydes is 1. The van der Waals surface area contributed by atoms with Gasteiger partial charge in [-0.2, -0.15) is 0 Å². The largest absolute Gasteiger partial charge is 0.493 e. The van der Waals surface area contributed by atoms with E-state index in [0.29, 0.717) is 44.8 Å². The fourth-order valence-corrected chi connectivity index (χ4v) is 7.24. The van der Waals surface area contributed by atoms with E-state index < -0.39 is 8.32 Å². The molecule has 0 amide bonds. The summed E-state index contributed by atoms with van der Waals surface area (Å²) in [6, 6.07) is 6.16. The van der Waals surface area contributed by atoms with Crippen LogP contribution in [0.5, 0.6) is 5.75 Å². The quantitative estimate of drug-likeness (QED) is 0.0994. The second-order valence-corrected chi connectivity index (χ2v) is 18.1. The Balaban J connectivity index is 1.61. The zero-order valence-corrected chi connectivity index (χ0v) is 27.1. The van der Waals surface area contributed by atoms with Gasteiger partial charge in [-0.15, -0.1) is 0 Å². The molecule has 0 aromatic heterocycles. The molecule has 1 aromatic carbocycles. The van der Waals surface area contributed by atoms with Crippen LogP contribution in [0.25, 0.3) is 0 Å². The lowest BCUT2D eigenvalue weighted by molar-refractivity contribution is -0.201. The summed E-state index contributed by atoms with van der Waals surface area (Å²) in [5.41, 5.74) is 0. The smallest absolute Gasteiger partial charge is 0.199 e. The van der Waals surface area contributed by atoms with Gasteiger partial charge in [-0.05, 0) is 74.9 Å². The van der Waals surface area contributed by atoms with Crippen molar-refractivity contribution in [2.24, 2.45) is 11.8 Å². The number of carbonyl (C=O) groups excluding carboxylic acids is 1. The molecule has 0 radical (unpaired) electrons. The van der Waals surface area contributed by atoms with E-state index in [1.807, 2.05) is 6.08 Å². The molecule has 0 N–H and O–H groups in total. The number of halogens is 1. The van der Waals surface area contributed by atoms with Crippen LogP contribution < -0.4 is 4.74 Å². The van der Waals surface area contributed by atoms with Gasteiger partial charge in [0, 0.05) is 43.8 Å². The average Bonchev–Trinajstić information content (AvgIpc) is 3.26. The minimum atomic E-state index is -2.14. The predicted molar refractivity (Wildman–Crippen MR) is 162 cm³/mol. The molecular weight excluding hydrogens is 555 g/mol. The first-order valence-electron chi connectivity index (χ1n) is 15.8. The Morgan fingerprint density at radius 1 is 1.05 bits per heavy atom. The molecule has 6 atom stereocenters. The molecule has 1 aromatic rings. The summed E-state index contributed by atoms with van der Waals surface area (Å²) in [5.74, 6) is 0.611. The highest BCUT2D eigenvalue weighted by atomic mass is 28.4. The summed E-state index contributed by atoms with van der Waals surface area (Å²) in [6.07, 6.45) is 9.43. The third-order valence-electron chi connectivity index (χ3n) is 9.15. The number of carbonyl (C=O) groups is 1. The van der Waals surface area contributed by atoms with E-state index in [4.69, 9.17) is 28.1 Å². The van der Waals surface area contributed by atoms with Crippen LogP contribution in [0.2, 0.25) is 18.1 Å². The molecule has 3 aliphatic rings. The van der Waals surface area contributed by atoms with Crippen molar-refractivity contribution in [2.45, 2.75) is 121 Å².